The number of carboxylic acids is 1. The van der Waals surface area contributed by atoms with Crippen molar-refractivity contribution in [2.24, 2.45) is 5.92 Å². The number of carboxylic acid groups (broad SMARTS) is 1. The molecule has 0 aromatic heterocycles. The van der Waals surface area contributed by atoms with Crippen molar-refractivity contribution in [3.05, 3.63) is 11.3 Å². The van der Waals surface area contributed by atoms with Crippen LogP contribution in [-0.2, 0) is 19.1 Å². The summed E-state index contributed by atoms with van der Waals surface area (Å²) in [6.07, 6.45) is -0.179. The predicted octanol–water partition coefficient (Wildman–Crippen LogP) is -5.19. The van der Waals surface area contributed by atoms with Crippen LogP contribution in [0, 0.1) is 5.92 Å². The number of amides is 3. The molecule has 10 heteroatoms. The molecule has 3 rings (SSSR count). The molecule has 24 heavy (non-hydrogen) atoms. The number of carbonyl (C=O) groups excluding carboxylic acids is 4. The molecule has 3 amide bonds. The van der Waals surface area contributed by atoms with Gasteiger partial charge >= 0.3 is 35.7 Å². The van der Waals surface area contributed by atoms with Crippen LogP contribution in [0.25, 0.3) is 0 Å². The van der Waals surface area contributed by atoms with Gasteiger partial charge in [0.05, 0.1) is 17.7 Å². The molecule has 1 N–H and O–H groups in total. The topological polar surface area (TPSA) is 119 Å². The molecule has 2 fully saturated rings. The summed E-state index contributed by atoms with van der Waals surface area (Å²) in [6, 6.07) is -1.05. The van der Waals surface area contributed by atoms with E-state index in [1.165, 1.54) is 23.8 Å². The number of likely N-dealkylation sites (tertiary alicyclic amines) is 1. The van der Waals surface area contributed by atoms with E-state index in [-0.39, 0.29) is 53.7 Å². The number of carbonyl (C=O) groups is 4. The van der Waals surface area contributed by atoms with E-state index in [4.69, 9.17) is 4.74 Å². The van der Waals surface area contributed by atoms with E-state index in [0.29, 0.717) is 18.5 Å². The van der Waals surface area contributed by atoms with Crippen molar-refractivity contribution in [1.29, 1.82) is 0 Å². The predicted molar refractivity (Wildman–Crippen MR) is 72.4 cm³/mol. The van der Waals surface area contributed by atoms with Gasteiger partial charge in [-0.2, -0.15) is 0 Å². The van der Waals surface area contributed by atoms with E-state index in [9.17, 15) is 24.3 Å². The van der Waals surface area contributed by atoms with Crippen LogP contribution in [0.3, 0.4) is 0 Å². The average molecular weight is 345 g/mol. The van der Waals surface area contributed by atoms with Crippen molar-refractivity contribution in [3.63, 3.8) is 0 Å². The number of nitrogens with zero attached hydrogens (tertiary/aromatic N) is 2. The molecule has 0 aromatic carbocycles. The molecule has 2 saturated heterocycles. The molecule has 124 valence electrons. The zero-order valence-corrected chi connectivity index (χ0v) is 15.7. The molecular weight excluding hydrogens is 329 g/mol. The van der Waals surface area contributed by atoms with Gasteiger partial charge in [-0.05, 0) is 12.0 Å². The maximum atomic E-state index is 12.3. The SMILES string of the molecule is CNC(=O)OCC1=C(C(=O)[O-])N2C(=O)[C@@H]3[C@H]2C1CCN3C(C)=O.[Na+]. The number of ether oxygens (including phenoxy) is 1. The largest absolute Gasteiger partial charge is 1.00 e. The second-order valence-corrected chi connectivity index (χ2v) is 5.74. The van der Waals surface area contributed by atoms with E-state index in [1.54, 1.807) is 0 Å². The number of alkyl carbamates (subject to hydrolysis) is 1. The van der Waals surface area contributed by atoms with Gasteiger partial charge in [0.2, 0.25) is 5.91 Å². The normalized spacial score (nSPS) is 27.1. The Morgan fingerprint density at radius 2 is 2.04 bits per heavy atom. The molecule has 0 aliphatic carbocycles. The van der Waals surface area contributed by atoms with Gasteiger partial charge in [-0.15, -0.1) is 0 Å². The molecule has 0 spiro atoms. The average Bonchev–Trinajstić information content (AvgIpc) is 2.84. The summed E-state index contributed by atoms with van der Waals surface area (Å²) in [6.45, 7) is 1.53. The Bertz CT molecular complexity index is 648. The number of piperidine rings is 1. The number of aliphatic carboxylic acids is 1. The Hall–Kier alpha value is -1.58. The fourth-order valence-corrected chi connectivity index (χ4v) is 3.74. The van der Waals surface area contributed by atoms with Crippen molar-refractivity contribution >= 4 is 23.9 Å². The van der Waals surface area contributed by atoms with Crippen molar-refractivity contribution in [2.75, 3.05) is 20.2 Å². The minimum absolute atomic E-state index is 0. The smallest absolute Gasteiger partial charge is 0.543 e. The zero-order valence-electron chi connectivity index (χ0n) is 13.7. The Morgan fingerprint density at radius 3 is 2.58 bits per heavy atom. The molecule has 3 atom stereocenters. The number of β-lactam (4-membered cyclic amide) rings is 1. The maximum absolute atomic E-state index is 12.3. The maximum Gasteiger partial charge on any atom is 1.00 e. The zero-order chi connectivity index (χ0) is 16.9. The number of hydrogen-bond donors (Lipinski definition) is 1. The van der Waals surface area contributed by atoms with Crippen LogP contribution in [0.1, 0.15) is 13.3 Å². The molecule has 3 heterocycles. The molecule has 3 aliphatic heterocycles. The van der Waals surface area contributed by atoms with E-state index < -0.39 is 30.1 Å². The van der Waals surface area contributed by atoms with Crippen LogP contribution >= 0.6 is 0 Å². The first-order chi connectivity index (χ1) is 10.9. The summed E-state index contributed by atoms with van der Waals surface area (Å²) < 4.78 is 4.96. The molecule has 0 aromatic rings. The first-order valence-electron chi connectivity index (χ1n) is 7.27. The van der Waals surface area contributed by atoms with Gasteiger partial charge < -0.3 is 29.8 Å². The Kier molecular flexibility index (Phi) is 5.26. The summed E-state index contributed by atoms with van der Waals surface area (Å²) in [4.78, 5) is 49.3. The van der Waals surface area contributed by atoms with E-state index >= 15 is 0 Å². The Labute approximate surface area is 160 Å². The minimum atomic E-state index is -1.48. The van der Waals surface area contributed by atoms with E-state index in [1.807, 2.05) is 0 Å². The summed E-state index contributed by atoms with van der Waals surface area (Å²) >= 11 is 0. The molecule has 0 radical (unpaired) electrons. The van der Waals surface area contributed by atoms with Crippen LogP contribution < -0.4 is 40.0 Å². The quantitative estimate of drug-likeness (QED) is 0.403. The van der Waals surface area contributed by atoms with E-state index in [0.717, 1.165) is 0 Å². The molecule has 9 nitrogen and oxygen atoms in total. The van der Waals surface area contributed by atoms with E-state index in [2.05, 4.69) is 5.32 Å². The van der Waals surface area contributed by atoms with Gasteiger partial charge in [0, 0.05) is 26.4 Å². The minimum Gasteiger partial charge on any atom is -0.543 e. The first-order valence-corrected chi connectivity index (χ1v) is 7.27. The van der Waals surface area contributed by atoms with Crippen molar-refractivity contribution < 1.29 is 58.6 Å². The Balaban J connectivity index is 0.00000208. The second kappa shape index (κ2) is 6.73. The fraction of sp³-hybridized carbons (Fsp3) is 0.571. The standard InChI is InChI=1S/C14H17N3O6.Na/c1-6(18)16-4-3-7-8(5-23-14(22)15-2)10(13(20)21)17-9(7)11(16)12(17)19;/h7,9,11H,3-5H2,1-2H3,(H,15,22)(H,20,21);/q;+1/p-1/t7?,9-,11+;/m1./s1. The van der Waals surface area contributed by atoms with Gasteiger partial charge in [0.1, 0.15) is 12.6 Å². The van der Waals surface area contributed by atoms with Crippen LogP contribution in [-0.4, -0.2) is 66.0 Å². The third-order valence-electron chi connectivity index (χ3n) is 4.69. The summed E-state index contributed by atoms with van der Waals surface area (Å²) in [5, 5.41) is 13.7. The van der Waals surface area contributed by atoms with Gasteiger partial charge in [0.15, 0.2) is 0 Å². The monoisotopic (exact) mass is 345 g/mol. The summed E-state index contributed by atoms with van der Waals surface area (Å²) in [7, 11) is 1.39. The third-order valence-corrected chi connectivity index (χ3v) is 4.69. The molecule has 0 saturated carbocycles. The van der Waals surface area contributed by atoms with Crippen molar-refractivity contribution in [1.82, 2.24) is 15.1 Å². The fourth-order valence-electron chi connectivity index (χ4n) is 3.74. The van der Waals surface area contributed by atoms with Crippen LogP contribution in [0.5, 0.6) is 0 Å². The summed E-state index contributed by atoms with van der Waals surface area (Å²) in [5.74, 6) is -2.36. The van der Waals surface area contributed by atoms with Gasteiger partial charge in [0.25, 0.3) is 5.91 Å². The van der Waals surface area contributed by atoms with Gasteiger partial charge in [-0.3, -0.25) is 9.59 Å². The molecule has 3 aliphatic rings. The van der Waals surface area contributed by atoms with Gasteiger partial charge in [-0.1, -0.05) is 0 Å². The van der Waals surface area contributed by atoms with Gasteiger partial charge in [-0.25, -0.2) is 4.79 Å². The number of nitrogens with one attached hydrogen (secondary N) is 1. The number of hydrogen-bond acceptors (Lipinski definition) is 6. The van der Waals surface area contributed by atoms with Crippen molar-refractivity contribution in [2.45, 2.75) is 25.4 Å². The van der Waals surface area contributed by atoms with Crippen LogP contribution in [0.4, 0.5) is 4.79 Å². The summed E-state index contributed by atoms with van der Waals surface area (Å²) in [5.41, 5.74) is 0.146. The Morgan fingerprint density at radius 1 is 1.38 bits per heavy atom. The molecule has 0 bridgehead atoms. The molecular formula is C14H16N3NaO6. The van der Waals surface area contributed by atoms with Crippen LogP contribution in [0.2, 0.25) is 0 Å². The molecule has 1 unspecified atom stereocenters. The van der Waals surface area contributed by atoms with Crippen molar-refractivity contribution in [3.8, 4) is 0 Å². The second-order valence-electron chi connectivity index (χ2n) is 5.74. The third kappa shape index (κ3) is 2.60. The van der Waals surface area contributed by atoms with Crippen LogP contribution in [0.15, 0.2) is 11.3 Å². The number of rotatable bonds is 3. The first kappa shape index (κ1) is 18.8.